The van der Waals surface area contributed by atoms with Crippen LogP contribution in [0.25, 0.3) is 0 Å². The first-order valence-corrected chi connectivity index (χ1v) is 8.32. The summed E-state index contributed by atoms with van der Waals surface area (Å²) >= 11 is 1.48. The van der Waals surface area contributed by atoms with E-state index in [0.717, 1.165) is 10.7 Å². The molecular formula is C12H14N2O3S2. The van der Waals surface area contributed by atoms with E-state index in [1.54, 1.807) is 12.1 Å². The summed E-state index contributed by atoms with van der Waals surface area (Å²) in [6, 6.07) is 6.41. The summed E-state index contributed by atoms with van der Waals surface area (Å²) in [6.07, 6.45) is 1.17. The smallest absolute Gasteiger partial charge is 0.175 e. The van der Waals surface area contributed by atoms with E-state index < -0.39 is 9.84 Å². The summed E-state index contributed by atoms with van der Waals surface area (Å²) in [6.45, 7) is 0.706. The molecule has 0 fully saturated rings. The van der Waals surface area contributed by atoms with Crippen molar-refractivity contribution in [1.82, 2.24) is 4.98 Å². The van der Waals surface area contributed by atoms with Crippen LogP contribution in [0.4, 0.5) is 0 Å². The summed E-state index contributed by atoms with van der Waals surface area (Å²) in [5.41, 5.74) is 6.27. The van der Waals surface area contributed by atoms with E-state index in [1.165, 1.54) is 29.7 Å². The minimum Gasteiger partial charge on any atom is -0.487 e. The van der Waals surface area contributed by atoms with Gasteiger partial charge in [-0.3, -0.25) is 0 Å². The van der Waals surface area contributed by atoms with Crippen LogP contribution >= 0.6 is 11.3 Å². The number of benzene rings is 1. The summed E-state index contributed by atoms with van der Waals surface area (Å²) in [7, 11) is -3.22. The first-order chi connectivity index (χ1) is 8.99. The van der Waals surface area contributed by atoms with Crippen LogP contribution in [-0.4, -0.2) is 19.7 Å². The van der Waals surface area contributed by atoms with E-state index in [4.69, 9.17) is 10.5 Å². The zero-order chi connectivity index (χ0) is 13.9. The van der Waals surface area contributed by atoms with Gasteiger partial charge >= 0.3 is 0 Å². The van der Waals surface area contributed by atoms with Gasteiger partial charge < -0.3 is 10.5 Å². The second kappa shape index (κ2) is 5.68. The fourth-order valence-corrected chi connectivity index (χ4v) is 2.78. The van der Waals surface area contributed by atoms with Gasteiger partial charge in [0.25, 0.3) is 0 Å². The molecule has 0 atom stereocenters. The number of hydrogen-bond acceptors (Lipinski definition) is 6. The lowest BCUT2D eigenvalue weighted by Gasteiger charge is -2.05. The molecule has 0 spiro atoms. The Bertz CT molecular complexity index is 665. The standard InChI is InChI=1S/C12H14N2O3S2/c1-19(15,16)11-4-2-3-10(5-11)17-7-9-8-18-12(6-13)14-9/h2-5,8H,6-7,13H2,1H3. The Labute approximate surface area is 116 Å². The SMILES string of the molecule is CS(=O)(=O)c1cccc(OCc2csc(CN)n2)c1. The molecule has 2 rings (SSSR count). The van der Waals surface area contributed by atoms with Gasteiger partial charge in [-0.15, -0.1) is 11.3 Å². The summed E-state index contributed by atoms with van der Waals surface area (Å²) in [5, 5.41) is 2.73. The molecule has 1 aromatic heterocycles. The molecule has 0 saturated carbocycles. The topological polar surface area (TPSA) is 82.3 Å². The Morgan fingerprint density at radius 3 is 2.84 bits per heavy atom. The first-order valence-electron chi connectivity index (χ1n) is 5.55. The predicted octanol–water partition coefficient (Wildman–Crippen LogP) is 1.58. The number of ether oxygens (including phenoxy) is 1. The second-order valence-corrected chi connectivity index (χ2v) is 6.93. The quantitative estimate of drug-likeness (QED) is 0.906. The summed E-state index contributed by atoms with van der Waals surface area (Å²) < 4.78 is 28.4. The Morgan fingerprint density at radius 2 is 2.21 bits per heavy atom. The Hall–Kier alpha value is -1.44. The van der Waals surface area contributed by atoms with Gasteiger partial charge in [0.2, 0.25) is 0 Å². The minimum absolute atomic E-state index is 0.242. The number of sulfone groups is 1. The predicted molar refractivity (Wildman–Crippen MR) is 73.9 cm³/mol. The molecule has 2 aromatic rings. The molecule has 1 aromatic carbocycles. The normalized spacial score (nSPS) is 11.5. The molecule has 0 unspecified atom stereocenters. The summed E-state index contributed by atoms with van der Waals surface area (Å²) in [5.74, 6) is 0.505. The Kier molecular flexibility index (Phi) is 4.18. The average molecular weight is 298 g/mol. The van der Waals surface area contributed by atoms with Gasteiger partial charge in [-0.05, 0) is 18.2 Å². The summed E-state index contributed by atoms with van der Waals surface area (Å²) in [4.78, 5) is 4.51. The van der Waals surface area contributed by atoms with Crippen molar-refractivity contribution in [2.24, 2.45) is 5.73 Å². The number of thiazole rings is 1. The monoisotopic (exact) mass is 298 g/mol. The molecule has 1 heterocycles. The van der Waals surface area contributed by atoms with Crippen LogP contribution in [0.15, 0.2) is 34.5 Å². The van der Waals surface area contributed by atoms with Gasteiger partial charge in [0, 0.05) is 18.2 Å². The van der Waals surface area contributed by atoms with E-state index in [9.17, 15) is 8.42 Å². The minimum atomic E-state index is -3.22. The van der Waals surface area contributed by atoms with E-state index in [0.29, 0.717) is 18.9 Å². The van der Waals surface area contributed by atoms with Gasteiger partial charge in [0.15, 0.2) is 9.84 Å². The largest absolute Gasteiger partial charge is 0.487 e. The molecule has 19 heavy (non-hydrogen) atoms. The molecule has 0 radical (unpaired) electrons. The molecule has 7 heteroatoms. The number of rotatable bonds is 5. The molecule has 0 bridgehead atoms. The van der Waals surface area contributed by atoms with E-state index in [-0.39, 0.29) is 4.90 Å². The van der Waals surface area contributed by atoms with Crippen molar-refractivity contribution in [3.63, 3.8) is 0 Å². The molecule has 0 aliphatic heterocycles. The number of nitrogens with zero attached hydrogens (tertiary/aromatic N) is 1. The van der Waals surface area contributed by atoms with Crippen molar-refractivity contribution in [1.29, 1.82) is 0 Å². The Balaban J connectivity index is 2.07. The van der Waals surface area contributed by atoms with E-state index >= 15 is 0 Å². The lowest BCUT2D eigenvalue weighted by Crippen LogP contribution is -2.00. The molecule has 2 N–H and O–H groups in total. The van der Waals surface area contributed by atoms with Gasteiger partial charge in [0.1, 0.15) is 17.4 Å². The van der Waals surface area contributed by atoms with Crippen LogP contribution in [-0.2, 0) is 23.0 Å². The molecule has 0 aliphatic rings. The highest BCUT2D eigenvalue weighted by Crippen LogP contribution is 2.19. The third kappa shape index (κ3) is 3.76. The van der Waals surface area contributed by atoms with Crippen molar-refractivity contribution >= 4 is 21.2 Å². The van der Waals surface area contributed by atoms with Gasteiger partial charge in [-0.2, -0.15) is 0 Å². The van der Waals surface area contributed by atoms with E-state index in [1.807, 2.05) is 5.38 Å². The van der Waals surface area contributed by atoms with Crippen molar-refractivity contribution < 1.29 is 13.2 Å². The molecule has 0 amide bonds. The van der Waals surface area contributed by atoms with Crippen LogP contribution in [0, 0.1) is 0 Å². The van der Waals surface area contributed by atoms with Crippen molar-refractivity contribution in [2.75, 3.05) is 6.26 Å². The van der Waals surface area contributed by atoms with Gasteiger partial charge in [-0.1, -0.05) is 6.07 Å². The zero-order valence-electron chi connectivity index (χ0n) is 10.4. The lowest BCUT2D eigenvalue weighted by atomic mass is 10.3. The maximum Gasteiger partial charge on any atom is 0.175 e. The first kappa shape index (κ1) is 14.0. The van der Waals surface area contributed by atoms with Crippen molar-refractivity contribution in [3.05, 3.63) is 40.3 Å². The van der Waals surface area contributed by atoms with Crippen LogP contribution in [0.5, 0.6) is 5.75 Å². The molecule has 0 aliphatic carbocycles. The molecule has 5 nitrogen and oxygen atoms in total. The van der Waals surface area contributed by atoms with Gasteiger partial charge in [-0.25, -0.2) is 13.4 Å². The van der Waals surface area contributed by atoms with Crippen molar-refractivity contribution in [2.45, 2.75) is 18.0 Å². The lowest BCUT2D eigenvalue weighted by molar-refractivity contribution is 0.301. The molecule has 0 saturated heterocycles. The zero-order valence-corrected chi connectivity index (χ0v) is 12.0. The van der Waals surface area contributed by atoms with Crippen molar-refractivity contribution in [3.8, 4) is 5.75 Å². The fraction of sp³-hybridized carbons (Fsp3) is 0.250. The number of hydrogen-bond donors (Lipinski definition) is 1. The van der Waals surface area contributed by atoms with Gasteiger partial charge in [0.05, 0.1) is 10.6 Å². The average Bonchev–Trinajstić information content (AvgIpc) is 2.84. The number of nitrogens with two attached hydrogens (primary N) is 1. The number of aromatic nitrogens is 1. The maximum atomic E-state index is 11.4. The Morgan fingerprint density at radius 1 is 1.42 bits per heavy atom. The third-order valence-electron chi connectivity index (χ3n) is 2.39. The highest BCUT2D eigenvalue weighted by molar-refractivity contribution is 7.90. The second-order valence-electron chi connectivity index (χ2n) is 3.97. The highest BCUT2D eigenvalue weighted by Gasteiger charge is 2.08. The molecular weight excluding hydrogens is 284 g/mol. The van der Waals surface area contributed by atoms with Crippen LogP contribution in [0.3, 0.4) is 0 Å². The van der Waals surface area contributed by atoms with E-state index in [2.05, 4.69) is 4.98 Å². The maximum absolute atomic E-state index is 11.4. The molecule has 102 valence electrons. The van der Waals surface area contributed by atoms with Crippen LogP contribution < -0.4 is 10.5 Å². The third-order valence-corrected chi connectivity index (χ3v) is 4.42. The fourth-order valence-electron chi connectivity index (χ4n) is 1.46. The van der Waals surface area contributed by atoms with Crippen LogP contribution in [0.1, 0.15) is 10.7 Å². The van der Waals surface area contributed by atoms with Crippen LogP contribution in [0.2, 0.25) is 0 Å². The highest BCUT2D eigenvalue weighted by atomic mass is 32.2.